The minimum absolute atomic E-state index is 0.114. The summed E-state index contributed by atoms with van der Waals surface area (Å²) in [6.45, 7) is 5.20. The molecular weight excluding hydrogens is 230 g/mol. The number of hydrogen-bond acceptors (Lipinski definition) is 4. The van der Waals surface area contributed by atoms with Gasteiger partial charge in [0.2, 0.25) is 0 Å². The van der Waals surface area contributed by atoms with E-state index in [1.807, 2.05) is 25.8 Å². The van der Waals surface area contributed by atoms with Gasteiger partial charge in [-0.2, -0.15) is 5.10 Å². The Labute approximate surface area is 107 Å². The number of ketones is 1. The Bertz CT molecular complexity index is 454. The van der Waals surface area contributed by atoms with Crippen molar-refractivity contribution >= 4 is 11.5 Å². The Kier molecular flexibility index (Phi) is 5.55. The van der Waals surface area contributed by atoms with E-state index in [-0.39, 0.29) is 11.3 Å². The van der Waals surface area contributed by atoms with E-state index in [1.54, 1.807) is 12.3 Å². The topological polar surface area (TPSA) is 55.2 Å². The lowest BCUT2D eigenvalue weighted by Crippen LogP contribution is -2.25. The van der Waals surface area contributed by atoms with Gasteiger partial charge in [0.15, 0.2) is 0 Å². The number of Topliss-reactive ketones (excluding diaryl/α,β-unsaturated/α-hetero) is 1. The summed E-state index contributed by atoms with van der Waals surface area (Å²) in [5.41, 5.74) is 0.708. The minimum atomic E-state index is -0.114. The molecule has 0 aliphatic heterocycles. The average Bonchev–Trinajstić information content (AvgIpc) is 2.39. The lowest BCUT2D eigenvalue weighted by Gasteiger charge is -2.16. The van der Waals surface area contributed by atoms with Gasteiger partial charge in [0, 0.05) is 39.0 Å². The third kappa shape index (κ3) is 3.98. The second-order valence-electron chi connectivity index (χ2n) is 4.29. The zero-order valence-corrected chi connectivity index (χ0v) is 11.3. The lowest BCUT2D eigenvalue weighted by molar-refractivity contribution is -0.118. The predicted octanol–water partition coefficient (Wildman–Crippen LogP) is 1.46. The summed E-state index contributed by atoms with van der Waals surface area (Å²) in [6.07, 6.45) is 3.43. The smallest absolute Gasteiger partial charge is 0.268 e. The maximum Gasteiger partial charge on any atom is 0.268 e. The van der Waals surface area contributed by atoms with Crippen LogP contribution in [0.15, 0.2) is 17.1 Å². The van der Waals surface area contributed by atoms with Gasteiger partial charge in [0.05, 0.1) is 11.9 Å². The van der Waals surface area contributed by atoms with E-state index in [9.17, 15) is 9.59 Å². The summed E-state index contributed by atoms with van der Waals surface area (Å²) >= 11 is 0. The van der Waals surface area contributed by atoms with Crippen molar-refractivity contribution in [3.63, 3.8) is 0 Å². The van der Waals surface area contributed by atoms with Crippen LogP contribution >= 0.6 is 0 Å². The molecule has 100 valence electrons. The van der Waals surface area contributed by atoms with Crippen molar-refractivity contribution in [1.82, 2.24) is 9.78 Å². The second-order valence-corrected chi connectivity index (χ2v) is 4.29. The number of nitrogens with zero attached hydrogens (tertiary/aromatic N) is 3. The molecule has 0 N–H and O–H groups in total. The third-order valence-corrected chi connectivity index (χ3v) is 2.99. The molecule has 5 heteroatoms. The van der Waals surface area contributed by atoms with Crippen LogP contribution in [0.5, 0.6) is 0 Å². The number of rotatable bonds is 7. The summed E-state index contributed by atoms with van der Waals surface area (Å²) in [5, 5.41) is 4.12. The van der Waals surface area contributed by atoms with Crippen LogP contribution in [0, 0.1) is 0 Å². The zero-order chi connectivity index (χ0) is 13.5. The van der Waals surface area contributed by atoms with Gasteiger partial charge in [0.1, 0.15) is 5.78 Å². The first-order chi connectivity index (χ1) is 8.58. The number of hydrogen-bond donors (Lipinski definition) is 0. The molecule has 0 radical (unpaired) electrons. The number of carbonyl (C=O) groups excluding carboxylic acids is 1. The molecule has 0 saturated heterocycles. The molecule has 0 fully saturated rings. The van der Waals surface area contributed by atoms with Gasteiger partial charge < -0.3 is 4.90 Å². The Hall–Kier alpha value is -1.65. The molecule has 0 unspecified atom stereocenters. The number of carbonyl (C=O) groups is 1. The molecular formula is C13H21N3O2. The summed E-state index contributed by atoms with van der Waals surface area (Å²) in [6, 6.07) is 1.58. The highest BCUT2D eigenvalue weighted by molar-refractivity contribution is 5.77. The van der Waals surface area contributed by atoms with Crippen LogP contribution in [-0.2, 0) is 11.3 Å². The molecule has 1 rings (SSSR count). The SMILES string of the molecule is CCC(=O)CCCn1ncc(N(C)CC)cc1=O. The average molecular weight is 251 g/mol. The molecule has 1 aromatic heterocycles. The highest BCUT2D eigenvalue weighted by atomic mass is 16.1. The Morgan fingerprint density at radius 3 is 2.72 bits per heavy atom. The van der Waals surface area contributed by atoms with Crippen LogP contribution in [0.3, 0.4) is 0 Å². The highest BCUT2D eigenvalue weighted by Crippen LogP contribution is 2.06. The molecule has 0 bridgehead atoms. The van der Waals surface area contributed by atoms with E-state index in [0.29, 0.717) is 25.8 Å². The fourth-order valence-corrected chi connectivity index (χ4v) is 1.59. The molecule has 18 heavy (non-hydrogen) atoms. The lowest BCUT2D eigenvalue weighted by atomic mass is 10.2. The first-order valence-corrected chi connectivity index (χ1v) is 6.38. The van der Waals surface area contributed by atoms with Crippen molar-refractivity contribution in [1.29, 1.82) is 0 Å². The van der Waals surface area contributed by atoms with Crippen molar-refractivity contribution in [3.05, 3.63) is 22.6 Å². The van der Waals surface area contributed by atoms with Crippen molar-refractivity contribution < 1.29 is 4.79 Å². The van der Waals surface area contributed by atoms with Gasteiger partial charge in [-0.25, -0.2) is 4.68 Å². The molecule has 5 nitrogen and oxygen atoms in total. The first-order valence-electron chi connectivity index (χ1n) is 6.38. The number of aromatic nitrogens is 2. The Morgan fingerprint density at radius 1 is 1.44 bits per heavy atom. The van der Waals surface area contributed by atoms with Crippen LogP contribution < -0.4 is 10.5 Å². The molecule has 0 spiro atoms. The van der Waals surface area contributed by atoms with Crippen LogP contribution in [0.2, 0.25) is 0 Å². The van der Waals surface area contributed by atoms with Crippen molar-refractivity contribution in [3.8, 4) is 0 Å². The second kappa shape index (κ2) is 6.93. The third-order valence-electron chi connectivity index (χ3n) is 2.99. The number of aryl methyl sites for hydroxylation is 1. The summed E-state index contributed by atoms with van der Waals surface area (Å²) in [4.78, 5) is 24.9. The summed E-state index contributed by atoms with van der Waals surface area (Å²) < 4.78 is 1.41. The molecule has 1 heterocycles. The van der Waals surface area contributed by atoms with Gasteiger partial charge in [-0.3, -0.25) is 9.59 Å². The predicted molar refractivity (Wildman–Crippen MR) is 72.0 cm³/mol. The maximum absolute atomic E-state index is 11.8. The van der Waals surface area contributed by atoms with E-state index in [1.165, 1.54) is 4.68 Å². The van der Waals surface area contributed by atoms with Gasteiger partial charge in [-0.15, -0.1) is 0 Å². The molecule has 0 amide bonds. The fourth-order valence-electron chi connectivity index (χ4n) is 1.59. The largest absolute Gasteiger partial charge is 0.373 e. The molecule has 0 aliphatic rings. The quantitative estimate of drug-likeness (QED) is 0.736. The molecule has 0 aliphatic carbocycles. The minimum Gasteiger partial charge on any atom is -0.373 e. The van der Waals surface area contributed by atoms with Crippen molar-refractivity contribution in [2.75, 3.05) is 18.5 Å². The Morgan fingerprint density at radius 2 is 2.17 bits per heavy atom. The van der Waals surface area contributed by atoms with Gasteiger partial charge >= 0.3 is 0 Å². The van der Waals surface area contributed by atoms with E-state index in [2.05, 4.69) is 5.10 Å². The van der Waals surface area contributed by atoms with Crippen molar-refractivity contribution in [2.24, 2.45) is 0 Å². The van der Waals surface area contributed by atoms with E-state index in [0.717, 1.165) is 12.2 Å². The Balaban J connectivity index is 2.63. The van der Waals surface area contributed by atoms with Gasteiger partial charge in [-0.05, 0) is 13.3 Å². The molecule has 0 saturated carbocycles. The standard InChI is InChI=1S/C13H21N3O2/c1-4-12(17)7-6-8-16-13(18)9-11(10-14-16)15(3)5-2/h9-10H,4-8H2,1-3H3. The molecule has 0 aromatic carbocycles. The normalized spacial score (nSPS) is 10.4. The van der Waals surface area contributed by atoms with Crippen LogP contribution in [0.1, 0.15) is 33.1 Å². The monoisotopic (exact) mass is 251 g/mol. The fraction of sp³-hybridized carbons (Fsp3) is 0.615. The number of anilines is 1. The van der Waals surface area contributed by atoms with Crippen LogP contribution in [0.25, 0.3) is 0 Å². The van der Waals surface area contributed by atoms with E-state index in [4.69, 9.17) is 0 Å². The maximum atomic E-state index is 11.8. The summed E-state index contributed by atoms with van der Waals surface area (Å²) in [5.74, 6) is 0.227. The highest BCUT2D eigenvalue weighted by Gasteiger charge is 2.04. The first kappa shape index (κ1) is 14.4. The van der Waals surface area contributed by atoms with Crippen LogP contribution in [-0.4, -0.2) is 29.2 Å². The van der Waals surface area contributed by atoms with Gasteiger partial charge in [-0.1, -0.05) is 6.92 Å². The van der Waals surface area contributed by atoms with Crippen LogP contribution in [0.4, 0.5) is 5.69 Å². The molecule has 1 aromatic rings. The van der Waals surface area contributed by atoms with E-state index < -0.39 is 0 Å². The zero-order valence-electron chi connectivity index (χ0n) is 11.3. The van der Waals surface area contributed by atoms with Gasteiger partial charge in [0.25, 0.3) is 5.56 Å². The molecule has 0 atom stereocenters. The van der Waals surface area contributed by atoms with E-state index >= 15 is 0 Å². The van der Waals surface area contributed by atoms with Crippen molar-refractivity contribution in [2.45, 2.75) is 39.7 Å². The summed E-state index contributed by atoms with van der Waals surface area (Å²) in [7, 11) is 1.92.